The summed E-state index contributed by atoms with van der Waals surface area (Å²) in [6.07, 6.45) is 1.77. The number of carbonyl (C=O) groups excluding carboxylic acids is 1. The molecule has 1 fully saturated rings. The first kappa shape index (κ1) is 20.9. The number of fused-ring (bicyclic) bond motifs is 1. The number of hydrogen-bond acceptors (Lipinski definition) is 4. The summed E-state index contributed by atoms with van der Waals surface area (Å²) in [5, 5.41) is 0.426. The number of methoxy groups -OCH3 is 1. The Balaban J connectivity index is 1.71. The van der Waals surface area contributed by atoms with Crippen molar-refractivity contribution in [1.82, 2.24) is 4.90 Å². The number of halogens is 2. The highest BCUT2D eigenvalue weighted by Crippen LogP contribution is 2.35. The van der Waals surface area contributed by atoms with Gasteiger partial charge in [0.05, 0.1) is 17.6 Å². The van der Waals surface area contributed by atoms with Gasteiger partial charge >= 0.3 is 0 Å². The summed E-state index contributed by atoms with van der Waals surface area (Å²) in [5.74, 6) is -0.936. The maximum absolute atomic E-state index is 14.5. The quantitative estimate of drug-likeness (QED) is 0.520. The van der Waals surface area contributed by atoms with E-state index < -0.39 is 0 Å². The Labute approximate surface area is 178 Å². The molecule has 1 aliphatic rings. The van der Waals surface area contributed by atoms with E-state index in [2.05, 4.69) is 0 Å². The van der Waals surface area contributed by atoms with Crippen molar-refractivity contribution in [3.8, 4) is 0 Å². The van der Waals surface area contributed by atoms with E-state index in [0.29, 0.717) is 39.2 Å². The molecule has 1 aromatic heterocycles. The zero-order chi connectivity index (χ0) is 21.1. The highest BCUT2D eigenvalue weighted by molar-refractivity contribution is 7.21. The van der Waals surface area contributed by atoms with E-state index in [-0.39, 0.29) is 36.8 Å². The highest BCUT2D eigenvalue weighted by atomic mass is 32.1. The number of nitrogens with zero attached hydrogens (tertiary/aromatic N) is 1. The smallest absolute Gasteiger partial charge is 0.264 e. The molecule has 0 spiro atoms. The summed E-state index contributed by atoms with van der Waals surface area (Å²) in [4.78, 5) is 15.7. The van der Waals surface area contributed by atoms with Crippen LogP contribution in [0.1, 0.15) is 33.6 Å². The topological polar surface area (TPSA) is 38.8 Å². The normalized spacial score (nSPS) is 16.3. The van der Waals surface area contributed by atoms with Gasteiger partial charge in [-0.05, 0) is 42.7 Å². The van der Waals surface area contributed by atoms with Crippen LogP contribution in [0.3, 0.4) is 0 Å². The van der Waals surface area contributed by atoms with Crippen LogP contribution >= 0.6 is 11.3 Å². The third kappa shape index (κ3) is 4.38. The second-order valence-electron chi connectivity index (χ2n) is 7.41. The van der Waals surface area contributed by atoms with Crippen molar-refractivity contribution in [2.45, 2.75) is 32.1 Å². The van der Waals surface area contributed by atoms with Crippen LogP contribution in [0.15, 0.2) is 42.5 Å². The van der Waals surface area contributed by atoms with Crippen molar-refractivity contribution < 1.29 is 23.0 Å². The van der Waals surface area contributed by atoms with E-state index in [4.69, 9.17) is 9.47 Å². The molecular formula is C23H23F2NO3S. The molecule has 0 saturated carbocycles. The monoisotopic (exact) mass is 431 g/mol. The van der Waals surface area contributed by atoms with Gasteiger partial charge in [0.15, 0.2) is 0 Å². The fraction of sp³-hybridized carbons (Fsp3) is 0.348. The van der Waals surface area contributed by atoms with E-state index >= 15 is 0 Å². The molecule has 4 rings (SSSR count). The van der Waals surface area contributed by atoms with Gasteiger partial charge in [0.1, 0.15) is 11.6 Å². The summed E-state index contributed by atoms with van der Waals surface area (Å²) in [6.45, 7) is 1.46. The summed E-state index contributed by atoms with van der Waals surface area (Å²) >= 11 is 1.26. The molecule has 2 heterocycles. The molecule has 2 aromatic carbocycles. The lowest BCUT2D eigenvalue weighted by Gasteiger charge is -2.26. The molecule has 1 amide bonds. The number of carbonyl (C=O) groups is 1. The van der Waals surface area contributed by atoms with Gasteiger partial charge in [0.2, 0.25) is 0 Å². The predicted molar refractivity (Wildman–Crippen MR) is 113 cm³/mol. The standard InChI is InChI=1S/C23H23F2NO3S/c1-28-14-18-21-19(25)8-3-9-20(21)30-22(18)23(27)26(13-17-7-4-10-29-17)12-15-5-2-6-16(24)11-15/h2-3,5-6,8-9,11,17H,4,7,10,12-14H2,1H3. The second kappa shape index (κ2) is 9.20. The molecule has 7 heteroatoms. The van der Waals surface area contributed by atoms with E-state index in [1.807, 2.05) is 0 Å². The number of thiophene rings is 1. The van der Waals surface area contributed by atoms with Crippen LogP contribution in [0, 0.1) is 11.6 Å². The summed E-state index contributed by atoms with van der Waals surface area (Å²) < 4.78 is 40.0. The Morgan fingerprint density at radius 2 is 2.10 bits per heavy atom. The molecule has 1 unspecified atom stereocenters. The van der Waals surface area contributed by atoms with Crippen molar-refractivity contribution in [3.05, 3.63) is 70.1 Å². The largest absolute Gasteiger partial charge is 0.380 e. The van der Waals surface area contributed by atoms with Crippen LogP contribution in [0.25, 0.3) is 10.1 Å². The van der Waals surface area contributed by atoms with Crippen LogP contribution in [0.5, 0.6) is 0 Å². The Kier molecular flexibility index (Phi) is 6.41. The average molecular weight is 432 g/mol. The Morgan fingerprint density at radius 1 is 1.27 bits per heavy atom. The molecule has 0 bridgehead atoms. The van der Waals surface area contributed by atoms with Crippen LogP contribution in [-0.2, 0) is 22.6 Å². The second-order valence-corrected chi connectivity index (χ2v) is 8.46. The molecular weight excluding hydrogens is 408 g/mol. The lowest BCUT2D eigenvalue weighted by atomic mass is 10.1. The van der Waals surface area contributed by atoms with Crippen molar-refractivity contribution >= 4 is 27.3 Å². The molecule has 1 aliphatic heterocycles. The van der Waals surface area contributed by atoms with E-state index in [9.17, 15) is 13.6 Å². The van der Waals surface area contributed by atoms with Gasteiger partial charge in [-0.1, -0.05) is 18.2 Å². The van der Waals surface area contributed by atoms with Gasteiger partial charge in [0, 0.05) is 42.5 Å². The molecule has 30 heavy (non-hydrogen) atoms. The maximum Gasteiger partial charge on any atom is 0.264 e. The van der Waals surface area contributed by atoms with Gasteiger partial charge in [-0.15, -0.1) is 11.3 Å². The SMILES string of the molecule is COCc1c(C(=O)N(Cc2cccc(F)c2)CC2CCCO2)sc2cccc(F)c12. The van der Waals surface area contributed by atoms with Crippen molar-refractivity contribution in [2.75, 3.05) is 20.3 Å². The molecule has 0 aliphatic carbocycles. The summed E-state index contributed by atoms with van der Waals surface area (Å²) in [7, 11) is 1.52. The first-order valence-electron chi connectivity index (χ1n) is 9.91. The Bertz CT molecular complexity index is 1050. The first-order valence-corrected chi connectivity index (χ1v) is 10.7. The van der Waals surface area contributed by atoms with Gasteiger partial charge in [-0.25, -0.2) is 8.78 Å². The minimum atomic E-state index is -0.370. The molecule has 0 radical (unpaired) electrons. The van der Waals surface area contributed by atoms with Gasteiger partial charge in [0.25, 0.3) is 5.91 Å². The molecule has 1 saturated heterocycles. The van der Waals surface area contributed by atoms with E-state index in [0.717, 1.165) is 12.8 Å². The number of benzene rings is 2. The Morgan fingerprint density at radius 3 is 2.83 bits per heavy atom. The first-order chi connectivity index (χ1) is 14.6. The number of amides is 1. The lowest BCUT2D eigenvalue weighted by Crippen LogP contribution is -2.37. The Hall–Kier alpha value is -2.35. The predicted octanol–water partition coefficient (Wildman–Crippen LogP) is 5.15. The van der Waals surface area contributed by atoms with Crippen molar-refractivity contribution in [1.29, 1.82) is 0 Å². The molecule has 158 valence electrons. The number of rotatable bonds is 7. The third-order valence-corrected chi connectivity index (χ3v) is 6.43. The molecule has 1 atom stereocenters. The maximum atomic E-state index is 14.5. The van der Waals surface area contributed by atoms with Crippen LogP contribution in [-0.4, -0.2) is 37.2 Å². The van der Waals surface area contributed by atoms with E-state index in [1.165, 1.54) is 36.6 Å². The fourth-order valence-corrected chi connectivity index (χ4v) is 5.06. The van der Waals surface area contributed by atoms with Crippen molar-refractivity contribution in [3.63, 3.8) is 0 Å². The molecule has 4 nitrogen and oxygen atoms in total. The summed E-state index contributed by atoms with van der Waals surface area (Å²) in [5.41, 5.74) is 1.25. The van der Waals surface area contributed by atoms with Crippen LogP contribution in [0.4, 0.5) is 8.78 Å². The van der Waals surface area contributed by atoms with Gasteiger partial charge < -0.3 is 14.4 Å². The average Bonchev–Trinajstić information content (AvgIpc) is 3.36. The number of hydrogen-bond donors (Lipinski definition) is 0. The highest BCUT2D eigenvalue weighted by Gasteiger charge is 2.28. The fourth-order valence-electron chi connectivity index (χ4n) is 3.87. The van der Waals surface area contributed by atoms with Gasteiger partial charge in [-0.3, -0.25) is 4.79 Å². The third-order valence-electron chi connectivity index (χ3n) is 5.24. The molecule has 3 aromatic rings. The minimum Gasteiger partial charge on any atom is -0.380 e. The zero-order valence-electron chi connectivity index (χ0n) is 16.7. The van der Waals surface area contributed by atoms with E-state index in [1.54, 1.807) is 29.2 Å². The summed E-state index contributed by atoms with van der Waals surface area (Å²) in [6, 6.07) is 11.0. The minimum absolute atomic E-state index is 0.0560. The molecule has 0 N–H and O–H groups in total. The zero-order valence-corrected chi connectivity index (χ0v) is 17.5. The van der Waals surface area contributed by atoms with Crippen LogP contribution in [0.2, 0.25) is 0 Å². The lowest BCUT2D eigenvalue weighted by molar-refractivity contribution is 0.0508. The number of ether oxygens (including phenoxy) is 2. The van der Waals surface area contributed by atoms with Crippen LogP contribution < -0.4 is 0 Å². The van der Waals surface area contributed by atoms with Gasteiger partial charge in [-0.2, -0.15) is 0 Å². The van der Waals surface area contributed by atoms with Crippen molar-refractivity contribution in [2.24, 2.45) is 0 Å².